The number of nitrogens with one attached hydrogen (secondary N) is 1. The zero-order chi connectivity index (χ0) is 18.5. The second-order valence-electron chi connectivity index (χ2n) is 7.28. The number of morpholine rings is 1. The molecule has 2 heterocycles. The molecule has 2 aromatic carbocycles. The first-order chi connectivity index (χ1) is 13.3. The van der Waals surface area contributed by atoms with E-state index in [-0.39, 0.29) is 12.1 Å². The predicted molar refractivity (Wildman–Crippen MR) is 107 cm³/mol. The highest BCUT2D eigenvalue weighted by atomic mass is 16.5. The molecule has 2 amide bonds. The first-order valence-electron chi connectivity index (χ1n) is 9.81. The molecule has 0 aliphatic carbocycles. The fraction of sp³-hybridized carbons (Fsp3) is 0.409. The maximum absolute atomic E-state index is 12.8. The van der Waals surface area contributed by atoms with Crippen molar-refractivity contribution < 1.29 is 9.53 Å². The lowest BCUT2D eigenvalue weighted by atomic mass is 10.1. The van der Waals surface area contributed by atoms with Crippen LogP contribution >= 0.6 is 0 Å². The van der Waals surface area contributed by atoms with Gasteiger partial charge in [0.1, 0.15) is 0 Å². The number of hydrogen-bond acceptors (Lipinski definition) is 3. The van der Waals surface area contributed by atoms with Gasteiger partial charge in [0.25, 0.3) is 0 Å². The second-order valence-corrected chi connectivity index (χ2v) is 7.28. The van der Waals surface area contributed by atoms with Crippen molar-refractivity contribution in [3.05, 3.63) is 65.7 Å². The summed E-state index contributed by atoms with van der Waals surface area (Å²) >= 11 is 0. The molecule has 1 unspecified atom stereocenters. The van der Waals surface area contributed by atoms with Gasteiger partial charge in [0.15, 0.2) is 0 Å². The van der Waals surface area contributed by atoms with Crippen LogP contribution in [-0.4, -0.2) is 48.7 Å². The van der Waals surface area contributed by atoms with E-state index in [1.807, 2.05) is 35.2 Å². The van der Waals surface area contributed by atoms with Crippen LogP contribution in [-0.2, 0) is 11.3 Å². The van der Waals surface area contributed by atoms with E-state index in [4.69, 9.17) is 4.74 Å². The summed E-state index contributed by atoms with van der Waals surface area (Å²) in [6.07, 6.45) is 2.07. The van der Waals surface area contributed by atoms with Crippen LogP contribution in [0.5, 0.6) is 0 Å². The highest BCUT2D eigenvalue weighted by molar-refractivity contribution is 5.89. The number of urea groups is 1. The van der Waals surface area contributed by atoms with Gasteiger partial charge in [0, 0.05) is 31.9 Å². The van der Waals surface area contributed by atoms with Crippen molar-refractivity contribution in [2.45, 2.75) is 25.4 Å². The van der Waals surface area contributed by atoms with E-state index in [1.165, 1.54) is 11.1 Å². The minimum atomic E-state index is -0.0118. The standard InChI is InChI=1S/C22H27N3O2/c26-22(25-12-4-7-21(25)19-5-2-1-3-6-19)23-20-10-8-18(9-11-20)17-24-13-15-27-16-14-24/h1-3,5-6,8-11,21H,4,7,12-17H2,(H,23,26). The lowest BCUT2D eigenvalue weighted by Crippen LogP contribution is -2.35. The molecule has 1 atom stereocenters. The van der Waals surface area contributed by atoms with E-state index < -0.39 is 0 Å². The van der Waals surface area contributed by atoms with Crippen LogP contribution in [0.2, 0.25) is 0 Å². The number of ether oxygens (including phenoxy) is 1. The molecule has 5 nitrogen and oxygen atoms in total. The van der Waals surface area contributed by atoms with E-state index in [2.05, 4.69) is 34.5 Å². The lowest BCUT2D eigenvalue weighted by molar-refractivity contribution is 0.0342. The Bertz CT molecular complexity index is 742. The number of likely N-dealkylation sites (tertiary alicyclic amines) is 1. The van der Waals surface area contributed by atoms with Crippen LogP contribution in [0, 0.1) is 0 Å². The quantitative estimate of drug-likeness (QED) is 0.894. The SMILES string of the molecule is O=C(Nc1ccc(CN2CCOCC2)cc1)N1CCCC1c1ccccc1. The third-order valence-corrected chi connectivity index (χ3v) is 5.41. The molecule has 2 fully saturated rings. The van der Waals surface area contributed by atoms with Crippen LogP contribution in [0.1, 0.15) is 30.0 Å². The highest BCUT2D eigenvalue weighted by Crippen LogP contribution is 2.32. The van der Waals surface area contributed by atoms with Crippen LogP contribution < -0.4 is 5.32 Å². The Hall–Kier alpha value is -2.37. The molecule has 0 radical (unpaired) electrons. The average Bonchev–Trinajstić information content (AvgIpc) is 3.21. The van der Waals surface area contributed by atoms with Crippen molar-refractivity contribution in [2.75, 3.05) is 38.2 Å². The number of carbonyl (C=O) groups is 1. The fourth-order valence-corrected chi connectivity index (χ4v) is 3.94. The third-order valence-electron chi connectivity index (χ3n) is 5.41. The molecule has 2 aliphatic rings. The van der Waals surface area contributed by atoms with Gasteiger partial charge < -0.3 is 15.0 Å². The van der Waals surface area contributed by atoms with E-state index in [0.29, 0.717) is 0 Å². The lowest BCUT2D eigenvalue weighted by Gasteiger charge is -2.27. The maximum atomic E-state index is 12.8. The number of carbonyl (C=O) groups excluding carboxylic acids is 1. The highest BCUT2D eigenvalue weighted by Gasteiger charge is 2.29. The molecule has 27 heavy (non-hydrogen) atoms. The van der Waals surface area contributed by atoms with Crippen LogP contribution in [0.15, 0.2) is 54.6 Å². The van der Waals surface area contributed by atoms with Crippen molar-refractivity contribution in [3.63, 3.8) is 0 Å². The minimum Gasteiger partial charge on any atom is -0.379 e. The largest absolute Gasteiger partial charge is 0.379 e. The van der Waals surface area contributed by atoms with E-state index in [9.17, 15) is 4.79 Å². The van der Waals surface area contributed by atoms with Gasteiger partial charge in [-0.1, -0.05) is 42.5 Å². The van der Waals surface area contributed by atoms with Gasteiger partial charge >= 0.3 is 6.03 Å². The molecule has 2 aromatic rings. The van der Waals surface area contributed by atoms with Crippen molar-refractivity contribution in [3.8, 4) is 0 Å². The average molecular weight is 365 g/mol. The Morgan fingerprint density at radius 2 is 1.74 bits per heavy atom. The Morgan fingerprint density at radius 3 is 2.48 bits per heavy atom. The summed E-state index contributed by atoms with van der Waals surface area (Å²) in [5.41, 5.74) is 3.33. The molecule has 0 aromatic heterocycles. The van der Waals surface area contributed by atoms with Crippen molar-refractivity contribution >= 4 is 11.7 Å². The molecule has 4 rings (SSSR count). The fourth-order valence-electron chi connectivity index (χ4n) is 3.94. The summed E-state index contributed by atoms with van der Waals surface area (Å²) in [6.45, 7) is 5.32. The van der Waals surface area contributed by atoms with Gasteiger partial charge in [-0.2, -0.15) is 0 Å². The minimum absolute atomic E-state index is 0.0118. The summed E-state index contributed by atoms with van der Waals surface area (Å²) in [5, 5.41) is 3.07. The number of benzene rings is 2. The van der Waals surface area contributed by atoms with Gasteiger partial charge in [-0.3, -0.25) is 4.90 Å². The number of nitrogens with zero attached hydrogens (tertiary/aromatic N) is 2. The molecule has 0 spiro atoms. The predicted octanol–water partition coefficient (Wildman–Crippen LogP) is 3.89. The Kier molecular flexibility index (Phi) is 5.70. The smallest absolute Gasteiger partial charge is 0.322 e. The number of anilines is 1. The number of hydrogen-bond donors (Lipinski definition) is 1. The normalized spacial score (nSPS) is 20.6. The maximum Gasteiger partial charge on any atom is 0.322 e. The molecular formula is C22H27N3O2. The summed E-state index contributed by atoms with van der Waals surface area (Å²) in [7, 11) is 0. The van der Waals surface area contributed by atoms with Gasteiger partial charge in [-0.25, -0.2) is 4.79 Å². The van der Waals surface area contributed by atoms with Crippen molar-refractivity contribution in [1.82, 2.24) is 9.80 Å². The first kappa shape index (κ1) is 18.0. The molecule has 1 N–H and O–H groups in total. The van der Waals surface area contributed by atoms with Gasteiger partial charge in [0.05, 0.1) is 19.3 Å². The molecule has 2 aliphatic heterocycles. The Labute approximate surface area is 160 Å². The zero-order valence-electron chi connectivity index (χ0n) is 15.6. The summed E-state index contributed by atoms with van der Waals surface area (Å²) in [5.74, 6) is 0. The van der Waals surface area contributed by atoms with Crippen LogP contribution in [0.25, 0.3) is 0 Å². The van der Waals surface area contributed by atoms with E-state index >= 15 is 0 Å². The molecule has 0 saturated carbocycles. The zero-order valence-corrected chi connectivity index (χ0v) is 15.6. The molecule has 2 saturated heterocycles. The first-order valence-corrected chi connectivity index (χ1v) is 9.81. The number of amides is 2. The topological polar surface area (TPSA) is 44.8 Å². The number of rotatable bonds is 4. The van der Waals surface area contributed by atoms with Gasteiger partial charge in [-0.05, 0) is 36.1 Å². The van der Waals surface area contributed by atoms with Gasteiger partial charge in [0.2, 0.25) is 0 Å². The van der Waals surface area contributed by atoms with Crippen molar-refractivity contribution in [2.24, 2.45) is 0 Å². The third kappa shape index (κ3) is 4.49. The summed E-state index contributed by atoms with van der Waals surface area (Å²) in [6, 6.07) is 18.7. The summed E-state index contributed by atoms with van der Waals surface area (Å²) in [4.78, 5) is 17.1. The molecular weight excluding hydrogens is 338 g/mol. The molecule has 0 bridgehead atoms. The van der Waals surface area contributed by atoms with Gasteiger partial charge in [-0.15, -0.1) is 0 Å². The molecule has 142 valence electrons. The van der Waals surface area contributed by atoms with Crippen LogP contribution in [0.4, 0.5) is 10.5 Å². The Morgan fingerprint density at radius 1 is 1.00 bits per heavy atom. The van der Waals surface area contributed by atoms with Crippen LogP contribution in [0.3, 0.4) is 0 Å². The Balaban J connectivity index is 1.36. The summed E-state index contributed by atoms with van der Waals surface area (Å²) < 4.78 is 5.40. The molecule has 5 heteroatoms. The van der Waals surface area contributed by atoms with E-state index in [0.717, 1.165) is 57.9 Å². The van der Waals surface area contributed by atoms with E-state index in [1.54, 1.807) is 0 Å². The second kappa shape index (κ2) is 8.55. The monoisotopic (exact) mass is 365 g/mol. The van der Waals surface area contributed by atoms with Crippen molar-refractivity contribution in [1.29, 1.82) is 0 Å².